The molecule has 0 aromatic carbocycles. The summed E-state index contributed by atoms with van der Waals surface area (Å²) in [6, 6.07) is 0.289. The highest BCUT2D eigenvalue weighted by atomic mass is 16.3. The van der Waals surface area contributed by atoms with E-state index in [1.54, 1.807) is 6.33 Å². The minimum atomic E-state index is 0.239. The molecule has 1 aliphatic rings. The molecule has 3 nitrogen and oxygen atoms in total. The third-order valence-electron chi connectivity index (χ3n) is 2.08. The van der Waals surface area contributed by atoms with Gasteiger partial charge in [0.1, 0.15) is 0 Å². The van der Waals surface area contributed by atoms with Crippen molar-refractivity contribution in [3.05, 3.63) is 18.2 Å². The van der Waals surface area contributed by atoms with E-state index in [0.29, 0.717) is 0 Å². The van der Waals surface area contributed by atoms with E-state index in [-0.39, 0.29) is 12.6 Å². The molecule has 1 aliphatic heterocycles. The first kappa shape index (κ1) is 5.92. The molecule has 1 N–H and O–H groups in total. The maximum absolute atomic E-state index is 8.88. The van der Waals surface area contributed by atoms with Gasteiger partial charge in [-0.25, -0.2) is 4.98 Å². The van der Waals surface area contributed by atoms with E-state index >= 15 is 0 Å². The number of fused-ring (bicyclic) bond motifs is 1. The van der Waals surface area contributed by atoms with Crippen LogP contribution in [0.4, 0.5) is 0 Å². The molecule has 1 unspecified atom stereocenters. The molecule has 3 heteroatoms. The second-order valence-corrected chi connectivity index (χ2v) is 2.67. The predicted molar refractivity (Wildman–Crippen MR) is 36.7 cm³/mol. The Labute approximate surface area is 59.3 Å². The van der Waals surface area contributed by atoms with Crippen molar-refractivity contribution in [1.82, 2.24) is 9.55 Å². The Morgan fingerprint density at radius 2 is 2.70 bits per heavy atom. The number of hydrogen-bond donors (Lipinski definition) is 1. The molecule has 0 radical (unpaired) electrons. The van der Waals surface area contributed by atoms with Crippen molar-refractivity contribution in [2.45, 2.75) is 18.9 Å². The number of nitrogens with zero attached hydrogens (tertiary/aromatic N) is 2. The van der Waals surface area contributed by atoms with Crippen molar-refractivity contribution in [3.63, 3.8) is 0 Å². The van der Waals surface area contributed by atoms with Crippen LogP contribution in [-0.4, -0.2) is 21.3 Å². The number of imidazole rings is 1. The minimum Gasteiger partial charge on any atom is -0.394 e. The molecule has 0 spiro atoms. The molecular weight excluding hydrogens is 128 g/mol. The summed E-state index contributed by atoms with van der Waals surface area (Å²) in [4.78, 5) is 3.99. The summed E-state index contributed by atoms with van der Waals surface area (Å²) >= 11 is 0. The molecule has 2 heterocycles. The lowest BCUT2D eigenvalue weighted by molar-refractivity contribution is 0.232. The molecule has 1 aromatic heterocycles. The van der Waals surface area contributed by atoms with Crippen molar-refractivity contribution in [2.75, 3.05) is 6.61 Å². The largest absolute Gasteiger partial charge is 0.394 e. The van der Waals surface area contributed by atoms with E-state index in [0.717, 1.165) is 12.8 Å². The van der Waals surface area contributed by atoms with Gasteiger partial charge in [0, 0.05) is 11.9 Å². The van der Waals surface area contributed by atoms with Crippen LogP contribution in [0.15, 0.2) is 12.5 Å². The van der Waals surface area contributed by atoms with Gasteiger partial charge >= 0.3 is 0 Å². The zero-order chi connectivity index (χ0) is 6.97. The monoisotopic (exact) mass is 138 g/mol. The maximum atomic E-state index is 8.88. The van der Waals surface area contributed by atoms with Crippen LogP contribution in [0, 0.1) is 0 Å². The van der Waals surface area contributed by atoms with Gasteiger partial charge in [0.15, 0.2) is 0 Å². The van der Waals surface area contributed by atoms with Crippen molar-refractivity contribution < 1.29 is 5.11 Å². The Morgan fingerprint density at radius 1 is 1.80 bits per heavy atom. The average molecular weight is 138 g/mol. The number of aryl methyl sites for hydroxylation is 1. The molecule has 54 valence electrons. The van der Waals surface area contributed by atoms with Gasteiger partial charge in [0.05, 0.1) is 19.0 Å². The number of aromatic nitrogens is 2. The van der Waals surface area contributed by atoms with Gasteiger partial charge in [-0.2, -0.15) is 0 Å². The number of rotatable bonds is 1. The smallest absolute Gasteiger partial charge is 0.0951 e. The van der Waals surface area contributed by atoms with Gasteiger partial charge in [0.25, 0.3) is 0 Å². The summed E-state index contributed by atoms with van der Waals surface area (Å²) in [7, 11) is 0. The van der Waals surface area contributed by atoms with Crippen molar-refractivity contribution >= 4 is 0 Å². The Hall–Kier alpha value is -0.830. The number of hydrogen-bond acceptors (Lipinski definition) is 2. The summed E-state index contributed by atoms with van der Waals surface area (Å²) in [5.74, 6) is 0. The first-order valence-corrected chi connectivity index (χ1v) is 3.53. The Kier molecular flexibility index (Phi) is 1.24. The van der Waals surface area contributed by atoms with Crippen LogP contribution in [-0.2, 0) is 6.42 Å². The standard InChI is InChI=1S/C7H10N2O/c10-4-7-2-1-6-3-8-5-9(6)7/h3,5,7,10H,1-2,4H2. The summed E-state index contributed by atoms with van der Waals surface area (Å²) in [5.41, 5.74) is 1.25. The Morgan fingerprint density at radius 3 is 3.50 bits per heavy atom. The second kappa shape index (κ2) is 2.09. The van der Waals surface area contributed by atoms with Crippen LogP contribution in [0.25, 0.3) is 0 Å². The van der Waals surface area contributed by atoms with Gasteiger partial charge in [-0.15, -0.1) is 0 Å². The zero-order valence-electron chi connectivity index (χ0n) is 5.70. The Balaban J connectivity index is 2.34. The van der Waals surface area contributed by atoms with Gasteiger partial charge in [-0.05, 0) is 12.8 Å². The molecular formula is C7H10N2O. The van der Waals surface area contributed by atoms with Crippen molar-refractivity contribution in [1.29, 1.82) is 0 Å². The van der Waals surface area contributed by atoms with Gasteiger partial charge in [-0.3, -0.25) is 0 Å². The minimum absolute atomic E-state index is 0.239. The van der Waals surface area contributed by atoms with Crippen LogP contribution in [0.3, 0.4) is 0 Å². The predicted octanol–water partition coefficient (Wildman–Crippen LogP) is 0.363. The fraction of sp³-hybridized carbons (Fsp3) is 0.571. The van der Waals surface area contributed by atoms with Crippen molar-refractivity contribution in [2.24, 2.45) is 0 Å². The van der Waals surface area contributed by atoms with E-state index in [9.17, 15) is 0 Å². The SMILES string of the molecule is OCC1CCc2cncn21. The van der Waals surface area contributed by atoms with Crippen molar-refractivity contribution in [3.8, 4) is 0 Å². The fourth-order valence-corrected chi connectivity index (χ4v) is 1.49. The molecule has 0 amide bonds. The molecule has 10 heavy (non-hydrogen) atoms. The first-order valence-electron chi connectivity index (χ1n) is 3.53. The average Bonchev–Trinajstić information content (AvgIpc) is 2.44. The summed E-state index contributed by atoms with van der Waals surface area (Å²) in [6.07, 6.45) is 5.79. The van der Waals surface area contributed by atoms with E-state index in [1.807, 2.05) is 6.20 Å². The molecule has 0 bridgehead atoms. The topological polar surface area (TPSA) is 38.1 Å². The number of aliphatic hydroxyl groups is 1. The van der Waals surface area contributed by atoms with E-state index in [2.05, 4.69) is 9.55 Å². The molecule has 0 aliphatic carbocycles. The molecule has 1 atom stereocenters. The van der Waals surface area contributed by atoms with Crippen LogP contribution >= 0.6 is 0 Å². The van der Waals surface area contributed by atoms with Gasteiger partial charge in [0.2, 0.25) is 0 Å². The van der Waals surface area contributed by atoms with Crippen LogP contribution in [0.2, 0.25) is 0 Å². The lowest BCUT2D eigenvalue weighted by Crippen LogP contribution is -2.06. The highest BCUT2D eigenvalue weighted by Gasteiger charge is 2.19. The zero-order valence-corrected chi connectivity index (χ0v) is 5.70. The van der Waals surface area contributed by atoms with Crippen LogP contribution in [0.5, 0.6) is 0 Å². The van der Waals surface area contributed by atoms with Crippen LogP contribution < -0.4 is 0 Å². The van der Waals surface area contributed by atoms with E-state index < -0.39 is 0 Å². The summed E-state index contributed by atoms with van der Waals surface area (Å²) in [6.45, 7) is 0.239. The highest BCUT2D eigenvalue weighted by Crippen LogP contribution is 2.23. The van der Waals surface area contributed by atoms with E-state index in [4.69, 9.17) is 5.11 Å². The quantitative estimate of drug-likeness (QED) is 0.608. The molecule has 0 fully saturated rings. The summed E-state index contributed by atoms with van der Waals surface area (Å²) < 4.78 is 2.06. The maximum Gasteiger partial charge on any atom is 0.0951 e. The molecule has 1 aromatic rings. The lowest BCUT2D eigenvalue weighted by Gasteiger charge is -2.06. The Bertz CT molecular complexity index is 231. The fourth-order valence-electron chi connectivity index (χ4n) is 1.49. The number of aliphatic hydroxyl groups excluding tert-OH is 1. The molecule has 0 saturated heterocycles. The van der Waals surface area contributed by atoms with Crippen LogP contribution in [0.1, 0.15) is 18.2 Å². The third kappa shape index (κ3) is 0.671. The highest BCUT2D eigenvalue weighted by molar-refractivity contribution is 5.05. The lowest BCUT2D eigenvalue weighted by atomic mass is 10.2. The second-order valence-electron chi connectivity index (χ2n) is 2.67. The van der Waals surface area contributed by atoms with Gasteiger partial charge in [-0.1, -0.05) is 0 Å². The third-order valence-corrected chi connectivity index (χ3v) is 2.08. The molecule has 0 saturated carbocycles. The normalized spacial score (nSPS) is 23.1. The first-order chi connectivity index (χ1) is 4.92. The van der Waals surface area contributed by atoms with E-state index in [1.165, 1.54) is 5.69 Å². The van der Waals surface area contributed by atoms with Gasteiger partial charge < -0.3 is 9.67 Å². The summed E-state index contributed by atoms with van der Waals surface area (Å²) in [5, 5.41) is 8.88. The molecule has 2 rings (SSSR count).